The predicted molar refractivity (Wildman–Crippen MR) is 62.8 cm³/mol. The molecule has 1 aromatic rings. The number of rotatable bonds is 3. The van der Waals surface area contributed by atoms with Gasteiger partial charge in [-0.15, -0.1) is 0 Å². The Labute approximate surface area is 90.7 Å². The Morgan fingerprint density at radius 1 is 1.20 bits per heavy atom. The summed E-state index contributed by atoms with van der Waals surface area (Å²) in [6.45, 7) is 5.93. The van der Waals surface area contributed by atoms with Crippen molar-refractivity contribution in [3.63, 3.8) is 0 Å². The Morgan fingerprint density at radius 2 is 1.73 bits per heavy atom. The van der Waals surface area contributed by atoms with Crippen LogP contribution in [-0.4, -0.2) is 11.9 Å². The molecule has 0 aliphatic heterocycles. The summed E-state index contributed by atoms with van der Waals surface area (Å²) in [5, 5.41) is 2.74. The summed E-state index contributed by atoms with van der Waals surface area (Å²) in [4.78, 5) is 11.3. The van der Waals surface area contributed by atoms with Crippen LogP contribution >= 0.6 is 0 Å². The molecule has 0 spiro atoms. The minimum atomic E-state index is -0.477. The van der Waals surface area contributed by atoms with E-state index in [1.165, 1.54) is 5.56 Å². The van der Waals surface area contributed by atoms with E-state index in [0.717, 1.165) is 5.69 Å². The Kier molecular flexibility index (Phi) is 3.86. The summed E-state index contributed by atoms with van der Waals surface area (Å²) in [6.07, 6.45) is 0. The van der Waals surface area contributed by atoms with Gasteiger partial charge in [0.15, 0.2) is 0 Å². The number of carbonyl (C=O) groups excluding carboxylic acids is 1. The molecule has 0 bridgehead atoms. The molecule has 0 fully saturated rings. The molecule has 0 aromatic heterocycles. The van der Waals surface area contributed by atoms with Crippen LogP contribution in [0.15, 0.2) is 24.3 Å². The normalized spacial score (nSPS) is 12.6. The van der Waals surface area contributed by atoms with Gasteiger partial charge in [-0.2, -0.15) is 0 Å². The van der Waals surface area contributed by atoms with E-state index in [1.54, 1.807) is 6.92 Å². The van der Waals surface area contributed by atoms with Gasteiger partial charge in [-0.1, -0.05) is 26.0 Å². The van der Waals surface area contributed by atoms with E-state index in [1.807, 2.05) is 24.3 Å². The molecule has 3 heteroatoms. The van der Waals surface area contributed by atoms with Crippen molar-refractivity contribution in [3.05, 3.63) is 29.8 Å². The average molecular weight is 206 g/mol. The fourth-order valence-electron chi connectivity index (χ4n) is 1.21. The molecule has 1 atom stereocenters. The lowest BCUT2D eigenvalue weighted by Crippen LogP contribution is -2.32. The predicted octanol–water partition coefficient (Wildman–Crippen LogP) is 2.10. The van der Waals surface area contributed by atoms with Crippen molar-refractivity contribution in [3.8, 4) is 0 Å². The maximum Gasteiger partial charge on any atom is 0.240 e. The first-order valence-electron chi connectivity index (χ1n) is 5.17. The van der Waals surface area contributed by atoms with Gasteiger partial charge >= 0.3 is 0 Å². The Bertz CT molecular complexity index is 328. The third-order valence-corrected chi connectivity index (χ3v) is 2.26. The van der Waals surface area contributed by atoms with Crippen LogP contribution < -0.4 is 11.1 Å². The van der Waals surface area contributed by atoms with E-state index in [-0.39, 0.29) is 5.91 Å². The van der Waals surface area contributed by atoms with Crippen LogP contribution in [0.4, 0.5) is 5.69 Å². The van der Waals surface area contributed by atoms with Crippen LogP contribution in [0, 0.1) is 0 Å². The highest BCUT2D eigenvalue weighted by Gasteiger charge is 2.07. The first-order chi connectivity index (χ1) is 7.00. The van der Waals surface area contributed by atoms with Gasteiger partial charge in [-0.25, -0.2) is 0 Å². The lowest BCUT2D eigenvalue weighted by Gasteiger charge is -2.09. The first-order valence-corrected chi connectivity index (χ1v) is 5.17. The summed E-state index contributed by atoms with van der Waals surface area (Å²) in [6, 6.07) is 7.35. The molecule has 3 nitrogen and oxygen atoms in total. The van der Waals surface area contributed by atoms with Crippen molar-refractivity contribution < 1.29 is 4.79 Å². The van der Waals surface area contributed by atoms with Crippen molar-refractivity contribution in [2.45, 2.75) is 32.7 Å². The fraction of sp³-hybridized carbons (Fsp3) is 0.417. The molecule has 0 saturated carbocycles. The molecule has 0 aliphatic rings. The number of amides is 1. The Morgan fingerprint density at radius 3 is 2.13 bits per heavy atom. The topological polar surface area (TPSA) is 55.1 Å². The molecule has 1 aromatic carbocycles. The van der Waals surface area contributed by atoms with E-state index >= 15 is 0 Å². The lowest BCUT2D eigenvalue weighted by molar-refractivity contribution is -0.117. The van der Waals surface area contributed by atoms with Gasteiger partial charge in [0.05, 0.1) is 6.04 Å². The van der Waals surface area contributed by atoms with E-state index in [2.05, 4.69) is 19.2 Å². The van der Waals surface area contributed by atoms with Gasteiger partial charge in [0, 0.05) is 5.69 Å². The maximum absolute atomic E-state index is 11.3. The Balaban J connectivity index is 2.69. The molecule has 3 N–H and O–H groups in total. The fourth-order valence-corrected chi connectivity index (χ4v) is 1.21. The van der Waals surface area contributed by atoms with Gasteiger partial charge in [-0.3, -0.25) is 4.79 Å². The molecule has 1 unspecified atom stereocenters. The second-order valence-electron chi connectivity index (χ2n) is 4.05. The van der Waals surface area contributed by atoms with Gasteiger partial charge in [0.1, 0.15) is 0 Å². The number of hydrogen-bond acceptors (Lipinski definition) is 2. The zero-order chi connectivity index (χ0) is 11.4. The summed E-state index contributed by atoms with van der Waals surface area (Å²) in [5.41, 5.74) is 7.50. The number of carbonyl (C=O) groups is 1. The molecule has 0 heterocycles. The molecule has 1 amide bonds. The third-order valence-electron chi connectivity index (χ3n) is 2.26. The van der Waals surface area contributed by atoms with Crippen molar-refractivity contribution in [2.24, 2.45) is 5.73 Å². The molecule has 82 valence electrons. The van der Waals surface area contributed by atoms with Crippen LogP contribution in [0.3, 0.4) is 0 Å². The first kappa shape index (κ1) is 11.7. The Hall–Kier alpha value is -1.35. The third kappa shape index (κ3) is 3.36. The van der Waals surface area contributed by atoms with Crippen LogP contribution in [0.5, 0.6) is 0 Å². The van der Waals surface area contributed by atoms with Crippen molar-refractivity contribution in [1.29, 1.82) is 0 Å². The van der Waals surface area contributed by atoms with Crippen LogP contribution in [0.2, 0.25) is 0 Å². The quantitative estimate of drug-likeness (QED) is 0.795. The number of nitrogens with two attached hydrogens (primary N) is 1. The number of hydrogen-bond donors (Lipinski definition) is 2. The molecular weight excluding hydrogens is 188 g/mol. The summed E-state index contributed by atoms with van der Waals surface area (Å²) < 4.78 is 0. The van der Waals surface area contributed by atoms with E-state index in [9.17, 15) is 4.79 Å². The number of nitrogens with one attached hydrogen (secondary N) is 1. The zero-order valence-corrected chi connectivity index (χ0v) is 9.45. The molecule has 0 radical (unpaired) electrons. The van der Waals surface area contributed by atoms with Crippen molar-refractivity contribution >= 4 is 11.6 Å². The highest BCUT2D eigenvalue weighted by atomic mass is 16.2. The van der Waals surface area contributed by atoms with Crippen LogP contribution in [0.25, 0.3) is 0 Å². The standard InChI is InChI=1S/C12H18N2O/c1-8(2)10-4-6-11(7-5-10)14-12(15)9(3)13/h4-9H,13H2,1-3H3,(H,14,15). The summed E-state index contributed by atoms with van der Waals surface area (Å²) in [5.74, 6) is 0.343. The van der Waals surface area contributed by atoms with Gasteiger partial charge < -0.3 is 11.1 Å². The molecular formula is C12H18N2O. The number of benzene rings is 1. The van der Waals surface area contributed by atoms with Crippen molar-refractivity contribution in [1.82, 2.24) is 0 Å². The minimum Gasteiger partial charge on any atom is -0.325 e. The highest BCUT2D eigenvalue weighted by molar-refractivity contribution is 5.94. The van der Waals surface area contributed by atoms with E-state index < -0.39 is 6.04 Å². The van der Waals surface area contributed by atoms with E-state index in [0.29, 0.717) is 5.92 Å². The van der Waals surface area contributed by atoms with Crippen LogP contribution in [0.1, 0.15) is 32.3 Å². The van der Waals surface area contributed by atoms with E-state index in [4.69, 9.17) is 5.73 Å². The SMILES string of the molecule is CC(N)C(=O)Nc1ccc(C(C)C)cc1. The van der Waals surface area contributed by atoms with Crippen molar-refractivity contribution in [2.75, 3.05) is 5.32 Å². The zero-order valence-electron chi connectivity index (χ0n) is 9.45. The second-order valence-corrected chi connectivity index (χ2v) is 4.05. The minimum absolute atomic E-state index is 0.160. The highest BCUT2D eigenvalue weighted by Crippen LogP contribution is 2.17. The summed E-state index contributed by atoms with van der Waals surface area (Å²) in [7, 11) is 0. The smallest absolute Gasteiger partial charge is 0.240 e. The average Bonchev–Trinajstić information content (AvgIpc) is 2.18. The van der Waals surface area contributed by atoms with Gasteiger partial charge in [0.2, 0.25) is 5.91 Å². The number of anilines is 1. The van der Waals surface area contributed by atoms with Gasteiger partial charge in [0.25, 0.3) is 0 Å². The monoisotopic (exact) mass is 206 g/mol. The molecule has 0 aliphatic carbocycles. The van der Waals surface area contributed by atoms with Crippen LogP contribution in [-0.2, 0) is 4.79 Å². The largest absolute Gasteiger partial charge is 0.325 e. The second kappa shape index (κ2) is 4.94. The van der Waals surface area contributed by atoms with Gasteiger partial charge in [-0.05, 0) is 30.5 Å². The molecule has 15 heavy (non-hydrogen) atoms. The molecule has 1 rings (SSSR count). The summed E-state index contributed by atoms with van der Waals surface area (Å²) >= 11 is 0. The lowest BCUT2D eigenvalue weighted by atomic mass is 10.0. The molecule has 0 saturated heterocycles. The maximum atomic E-state index is 11.3.